The van der Waals surface area contributed by atoms with Crippen LogP contribution in [0.1, 0.15) is 18.1 Å². The highest BCUT2D eigenvalue weighted by molar-refractivity contribution is 7.90. The fourth-order valence-corrected chi connectivity index (χ4v) is 2.32. The molecule has 1 aromatic rings. The monoisotopic (exact) mass is 310 g/mol. The van der Waals surface area contributed by atoms with E-state index in [1.165, 1.54) is 6.92 Å². The van der Waals surface area contributed by atoms with Crippen LogP contribution in [-0.4, -0.2) is 20.8 Å². The van der Waals surface area contributed by atoms with Crippen LogP contribution in [0.15, 0.2) is 18.2 Å². The van der Waals surface area contributed by atoms with Crippen LogP contribution in [0.4, 0.5) is 18.9 Å². The summed E-state index contributed by atoms with van der Waals surface area (Å²) in [4.78, 5) is 0. The van der Waals surface area contributed by atoms with Crippen molar-refractivity contribution in [1.29, 1.82) is 5.41 Å². The molecule has 0 aliphatic rings. The molecule has 0 unspecified atom stereocenters. The summed E-state index contributed by atoms with van der Waals surface area (Å²) in [6, 6.07) is 2.23. The number of hydrogen-bond donors (Lipinski definition) is 4. The molecular formula is C10H13F3N4O2S. The van der Waals surface area contributed by atoms with Crippen LogP contribution in [0.5, 0.6) is 0 Å². The van der Waals surface area contributed by atoms with E-state index in [1.807, 2.05) is 4.72 Å². The number of alkyl halides is 3. The molecule has 0 saturated carbocycles. The molecule has 20 heavy (non-hydrogen) atoms. The summed E-state index contributed by atoms with van der Waals surface area (Å²) in [5.41, 5.74) is 3.61. The molecule has 0 aliphatic carbocycles. The van der Waals surface area contributed by atoms with E-state index >= 15 is 0 Å². The van der Waals surface area contributed by atoms with Crippen molar-refractivity contribution in [3.63, 3.8) is 0 Å². The Bertz CT molecular complexity index is 613. The number of hydrogen-bond acceptors (Lipinski definition) is 3. The number of rotatable bonds is 5. The normalized spacial score (nSPS) is 12.2. The SMILES string of the molecule is CCNS(=O)(=O)Nc1ccc(C(F)(F)F)cc1C(=N)N. The highest BCUT2D eigenvalue weighted by Gasteiger charge is 2.31. The second-order valence-corrected chi connectivity index (χ2v) is 5.27. The maximum Gasteiger partial charge on any atom is 0.416 e. The van der Waals surface area contributed by atoms with E-state index in [9.17, 15) is 21.6 Å². The van der Waals surface area contributed by atoms with Crippen molar-refractivity contribution in [3.05, 3.63) is 29.3 Å². The van der Waals surface area contributed by atoms with E-state index in [2.05, 4.69) is 4.72 Å². The molecule has 0 spiro atoms. The molecular weight excluding hydrogens is 297 g/mol. The molecule has 0 amide bonds. The number of anilines is 1. The van der Waals surface area contributed by atoms with Crippen LogP contribution in [0, 0.1) is 5.41 Å². The maximum absolute atomic E-state index is 12.6. The van der Waals surface area contributed by atoms with Gasteiger partial charge in [-0.3, -0.25) is 10.1 Å². The van der Waals surface area contributed by atoms with Gasteiger partial charge in [0.2, 0.25) is 0 Å². The van der Waals surface area contributed by atoms with Crippen molar-refractivity contribution in [2.75, 3.05) is 11.3 Å². The lowest BCUT2D eigenvalue weighted by Crippen LogP contribution is -2.31. The van der Waals surface area contributed by atoms with E-state index in [-0.39, 0.29) is 17.8 Å². The smallest absolute Gasteiger partial charge is 0.384 e. The molecule has 112 valence electrons. The van der Waals surface area contributed by atoms with Gasteiger partial charge in [0.05, 0.1) is 11.3 Å². The minimum absolute atomic E-state index is 0.103. The fourth-order valence-electron chi connectivity index (χ4n) is 1.40. The average molecular weight is 310 g/mol. The minimum Gasteiger partial charge on any atom is -0.384 e. The van der Waals surface area contributed by atoms with Crippen LogP contribution >= 0.6 is 0 Å². The molecule has 10 heteroatoms. The Balaban J connectivity index is 3.25. The van der Waals surface area contributed by atoms with E-state index in [0.29, 0.717) is 12.1 Å². The summed E-state index contributed by atoms with van der Waals surface area (Å²) in [5.74, 6) is -0.676. The number of halogens is 3. The van der Waals surface area contributed by atoms with Gasteiger partial charge in [-0.25, -0.2) is 0 Å². The number of amidine groups is 1. The predicted octanol–water partition coefficient (Wildman–Crippen LogP) is 1.26. The van der Waals surface area contributed by atoms with Gasteiger partial charge in [-0.15, -0.1) is 0 Å². The predicted molar refractivity (Wildman–Crippen MR) is 68.7 cm³/mol. The minimum atomic E-state index is -4.61. The van der Waals surface area contributed by atoms with Crippen molar-refractivity contribution in [2.24, 2.45) is 5.73 Å². The number of nitrogens with two attached hydrogens (primary N) is 1. The van der Waals surface area contributed by atoms with Crippen LogP contribution in [0.3, 0.4) is 0 Å². The van der Waals surface area contributed by atoms with Crippen molar-refractivity contribution in [1.82, 2.24) is 4.72 Å². The first-order valence-corrected chi connectivity index (χ1v) is 6.88. The summed E-state index contributed by atoms with van der Waals surface area (Å²) < 4.78 is 64.8. The third kappa shape index (κ3) is 4.10. The summed E-state index contributed by atoms with van der Waals surface area (Å²) >= 11 is 0. The van der Waals surface area contributed by atoms with Gasteiger partial charge in [0, 0.05) is 12.1 Å². The topological polar surface area (TPSA) is 108 Å². The first-order valence-electron chi connectivity index (χ1n) is 5.40. The lowest BCUT2D eigenvalue weighted by atomic mass is 10.1. The molecule has 0 radical (unpaired) electrons. The lowest BCUT2D eigenvalue weighted by Gasteiger charge is -2.14. The van der Waals surface area contributed by atoms with Gasteiger partial charge in [0.1, 0.15) is 5.84 Å². The van der Waals surface area contributed by atoms with E-state index < -0.39 is 27.8 Å². The van der Waals surface area contributed by atoms with Gasteiger partial charge >= 0.3 is 6.18 Å². The fraction of sp³-hybridized carbons (Fsp3) is 0.300. The third-order valence-electron chi connectivity index (χ3n) is 2.22. The van der Waals surface area contributed by atoms with Crippen molar-refractivity contribution in [3.8, 4) is 0 Å². The van der Waals surface area contributed by atoms with Crippen LogP contribution in [-0.2, 0) is 16.4 Å². The second-order valence-electron chi connectivity index (χ2n) is 3.78. The zero-order valence-electron chi connectivity index (χ0n) is 10.4. The quantitative estimate of drug-likeness (QED) is 0.485. The number of nitrogen functional groups attached to an aromatic ring is 1. The summed E-state index contributed by atoms with van der Waals surface area (Å²) in [6.07, 6.45) is -4.61. The molecule has 6 nitrogen and oxygen atoms in total. The maximum atomic E-state index is 12.6. The van der Waals surface area contributed by atoms with E-state index in [1.54, 1.807) is 0 Å². The molecule has 0 bridgehead atoms. The van der Waals surface area contributed by atoms with Gasteiger partial charge in [-0.1, -0.05) is 6.92 Å². The zero-order chi connectivity index (χ0) is 15.6. The third-order valence-corrected chi connectivity index (χ3v) is 3.37. The van der Waals surface area contributed by atoms with Gasteiger partial charge in [0.25, 0.3) is 10.2 Å². The van der Waals surface area contributed by atoms with Gasteiger partial charge in [0.15, 0.2) is 0 Å². The van der Waals surface area contributed by atoms with Crippen molar-refractivity contribution in [2.45, 2.75) is 13.1 Å². The van der Waals surface area contributed by atoms with E-state index in [0.717, 1.165) is 6.07 Å². The van der Waals surface area contributed by atoms with Crippen LogP contribution in [0.25, 0.3) is 0 Å². The van der Waals surface area contributed by atoms with Crippen molar-refractivity contribution >= 4 is 21.7 Å². The molecule has 0 saturated heterocycles. The standard InChI is InChI=1S/C10H13F3N4O2S/c1-2-16-20(18,19)17-8-4-3-6(10(11,12)13)5-7(8)9(14)15/h3-5,16-17H,2H2,1H3,(H3,14,15). The van der Waals surface area contributed by atoms with E-state index in [4.69, 9.17) is 11.1 Å². The zero-order valence-corrected chi connectivity index (χ0v) is 11.2. The van der Waals surface area contributed by atoms with Gasteiger partial charge in [-0.05, 0) is 18.2 Å². The molecule has 0 atom stereocenters. The van der Waals surface area contributed by atoms with Gasteiger partial charge in [-0.2, -0.15) is 26.3 Å². The molecule has 0 fully saturated rings. The summed E-state index contributed by atoms with van der Waals surface area (Å²) in [6.45, 7) is 1.64. The number of benzene rings is 1. The Morgan fingerprint density at radius 3 is 2.45 bits per heavy atom. The largest absolute Gasteiger partial charge is 0.416 e. The highest BCUT2D eigenvalue weighted by Crippen LogP contribution is 2.31. The Hall–Kier alpha value is -1.81. The lowest BCUT2D eigenvalue weighted by molar-refractivity contribution is -0.137. The molecule has 0 aromatic heterocycles. The second kappa shape index (κ2) is 5.67. The number of nitrogens with one attached hydrogen (secondary N) is 3. The molecule has 0 aliphatic heterocycles. The summed E-state index contributed by atoms with van der Waals surface area (Å²) in [5, 5.41) is 7.24. The summed E-state index contributed by atoms with van der Waals surface area (Å²) in [7, 11) is -3.92. The van der Waals surface area contributed by atoms with Gasteiger partial charge < -0.3 is 5.73 Å². The Morgan fingerprint density at radius 2 is 2.00 bits per heavy atom. The molecule has 0 heterocycles. The Labute approximate surface area is 113 Å². The Morgan fingerprint density at radius 1 is 1.40 bits per heavy atom. The molecule has 5 N–H and O–H groups in total. The van der Waals surface area contributed by atoms with Crippen LogP contribution < -0.4 is 15.2 Å². The first kappa shape index (κ1) is 16.2. The average Bonchev–Trinajstić information content (AvgIpc) is 2.26. The molecule has 1 aromatic carbocycles. The first-order chi connectivity index (χ1) is 9.07. The molecule has 1 rings (SSSR count). The Kier molecular flexibility index (Phi) is 4.61. The van der Waals surface area contributed by atoms with Crippen LogP contribution in [0.2, 0.25) is 0 Å². The highest BCUT2D eigenvalue weighted by atomic mass is 32.2. The van der Waals surface area contributed by atoms with Crippen molar-refractivity contribution < 1.29 is 21.6 Å².